The number of amides is 1. The van der Waals surface area contributed by atoms with Crippen LogP contribution in [0, 0.1) is 0 Å². The van der Waals surface area contributed by atoms with Gasteiger partial charge < -0.3 is 23.7 Å². The van der Waals surface area contributed by atoms with Crippen LogP contribution in [0.25, 0.3) is 16.9 Å². The summed E-state index contributed by atoms with van der Waals surface area (Å²) in [7, 11) is 0. The molecule has 0 aliphatic carbocycles. The fraction of sp³-hybridized carbons (Fsp3) is 0.258. The van der Waals surface area contributed by atoms with Gasteiger partial charge in [0, 0.05) is 22.9 Å². The third-order valence-corrected chi connectivity index (χ3v) is 6.12. The molecule has 0 spiro atoms. The van der Waals surface area contributed by atoms with Gasteiger partial charge in [0.25, 0.3) is 5.91 Å². The van der Waals surface area contributed by atoms with Gasteiger partial charge in [-0.1, -0.05) is 18.2 Å². The van der Waals surface area contributed by atoms with Crippen LogP contribution in [0.15, 0.2) is 72.0 Å². The molecule has 0 saturated carbocycles. The Bertz CT molecular complexity index is 1510. The summed E-state index contributed by atoms with van der Waals surface area (Å²) in [5.74, 6) is 2.25. The predicted molar refractivity (Wildman–Crippen MR) is 155 cm³/mol. The summed E-state index contributed by atoms with van der Waals surface area (Å²) in [6, 6.07) is 18.7. The van der Waals surface area contributed by atoms with Gasteiger partial charge in [0.05, 0.1) is 31.7 Å². The molecule has 2 heterocycles. The number of carbonyl (C=O) groups excluding carboxylic acids is 1. The fourth-order valence-electron chi connectivity index (χ4n) is 4.35. The normalized spacial score (nSPS) is 12.3. The number of hydrazone groups is 1. The molecule has 10 nitrogen and oxygen atoms in total. The van der Waals surface area contributed by atoms with E-state index >= 15 is 0 Å². The molecule has 0 unspecified atom stereocenters. The average molecular weight is 557 g/mol. The van der Waals surface area contributed by atoms with Gasteiger partial charge in [-0.05, 0) is 63.2 Å². The van der Waals surface area contributed by atoms with Crippen molar-refractivity contribution in [2.24, 2.45) is 5.10 Å². The van der Waals surface area contributed by atoms with Crippen LogP contribution in [0.1, 0.15) is 36.7 Å². The van der Waals surface area contributed by atoms with E-state index in [2.05, 4.69) is 10.5 Å². The number of hydrogen-bond donors (Lipinski definition) is 1. The number of benzene rings is 3. The summed E-state index contributed by atoms with van der Waals surface area (Å²) in [5, 5.41) is 9.08. The highest BCUT2D eigenvalue weighted by Gasteiger charge is 2.19. The van der Waals surface area contributed by atoms with Gasteiger partial charge in [0.1, 0.15) is 18.9 Å². The minimum atomic E-state index is -0.428. The van der Waals surface area contributed by atoms with Crippen molar-refractivity contribution >= 4 is 12.1 Å². The number of nitrogens with one attached hydrogen (secondary N) is 1. The van der Waals surface area contributed by atoms with E-state index in [0.717, 1.165) is 11.3 Å². The zero-order valence-corrected chi connectivity index (χ0v) is 23.3. The minimum absolute atomic E-state index is 0.324. The quantitative estimate of drug-likeness (QED) is 0.198. The molecule has 0 bridgehead atoms. The van der Waals surface area contributed by atoms with Crippen LogP contribution in [-0.4, -0.2) is 54.9 Å². The summed E-state index contributed by atoms with van der Waals surface area (Å²) >= 11 is 0. The largest absolute Gasteiger partial charge is 0.490 e. The third kappa shape index (κ3) is 6.27. The summed E-state index contributed by atoms with van der Waals surface area (Å²) in [4.78, 5) is 13.1. The number of carbonyl (C=O) groups is 1. The van der Waals surface area contributed by atoms with E-state index in [-0.39, 0.29) is 0 Å². The molecule has 0 fully saturated rings. The first-order chi connectivity index (χ1) is 20.1. The summed E-state index contributed by atoms with van der Waals surface area (Å²) in [6.45, 7) is 7.84. The first-order valence-electron chi connectivity index (χ1n) is 13.6. The molecule has 1 aliphatic rings. The van der Waals surface area contributed by atoms with E-state index in [1.54, 1.807) is 23.0 Å². The SMILES string of the molecule is CCOc1cc(C(=O)NN=Cc2cn(-c3ccccc3)nc2-c2ccc3c(c2)OCCO3)cc(OCC)c1OCC. The van der Waals surface area contributed by atoms with Crippen LogP contribution >= 0.6 is 0 Å². The Balaban J connectivity index is 1.44. The van der Waals surface area contributed by atoms with Crippen LogP contribution in [0.5, 0.6) is 28.7 Å². The Kier molecular flexibility index (Phi) is 8.68. The number of ether oxygens (including phenoxy) is 5. The lowest BCUT2D eigenvalue weighted by molar-refractivity contribution is 0.0954. The molecule has 0 saturated heterocycles. The molecule has 1 amide bonds. The maximum absolute atomic E-state index is 13.1. The maximum atomic E-state index is 13.1. The van der Waals surface area contributed by atoms with E-state index < -0.39 is 5.91 Å². The van der Waals surface area contributed by atoms with Crippen LogP contribution in [0.3, 0.4) is 0 Å². The lowest BCUT2D eigenvalue weighted by Gasteiger charge is -2.18. The van der Waals surface area contributed by atoms with Crippen molar-refractivity contribution in [1.82, 2.24) is 15.2 Å². The average Bonchev–Trinajstić information content (AvgIpc) is 3.43. The van der Waals surface area contributed by atoms with Crippen molar-refractivity contribution in [1.29, 1.82) is 0 Å². The van der Waals surface area contributed by atoms with Gasteiger partial charge in [-0.25, -0.2) is 10.1 Å². The molecular formula is C31H32N4O6. The van der Waals surface area contributed by atoms with Crippen molar-refractivity contribution in [3.05, 3.63) is 78.0 Å². The van der Waals surface area contributed by atoms with Gasteiger partial charge in [0.15, 0.2) is 23.0 Å². The van der Waals surface area contributed by atoms with Crippen LogP contribution in [0.2, 0.25) is 0 Å². The van der Waals surface area contributed by atoms with Gasteiger partial charge in [-0.15, -0.1) is 0 Å². The van der Waals surface area contributed by atoms with Gasteiger partial charge >= 0.3 is 0 Å². The molecule has 212 valence electrons. The van der Waals surface area contributed by atoms with Crippen LogP contribution in [-0.2, 0) is 0 Å². The van der Waals surface area contributed by atoms with E-state index in [4.69, 9.17) is 28.8 Å². The van der Waals surface area contributed by atoms with E-state index in [1.807, 2.05) is 75.5 Å². The fourth-order valence-corrected chi connectivity index (χ4v) is 4.35. The second kappa shape index (κ2) is 12.9. The van der Waals surface area contributed by atoms with E-state index in [0.29, 0.717) is 78.6 Å². The molecule has 0 atom stereocenters. The molecule has 0 radical (unpaired) electrons. The zero-order chi connectivity index (χ0) is 28.6. The molecule has 10 heteroatoms. The number of hydrogen-bond acceptors (Lipinski definition) is 8. The molecule has 1 aliphatic heterocycles. The molecule has 3 aromatic carbocycles. The number of fused-ring (bicyclic) bond motifs is 1. The van der Waals surface area contributed by atoms with Crippen molar-refractivity contribution in [2.75, 3.05) is 33.0 Å². The van der Waals surface area contributed by atoms with Crippen molar-refractivity contribution in [3.63, 3.8) is 0 Å². The first-order valence-corrected chi connectivity index (χ1v) is 13.6. The number of para-hydroxylation sites is 1. The highest BCUT2D eigenvalue weighted by molar-refractivity contribution is 5.97. The van der Waals surface area contributed by atoms with Gasteiger partial charge in [0.2, 0.25) is 5.75 Å². The number of rotatable bonds is 11. The summed E-state index contributed by atoms with van der Waals surface area (Å²) in [6.07, 6.45) is 3.42. The molecule has 1 N–H and O–H groups in total. The van der Waals surface area contributed by atoms with Gasteiger partial charge in [-0.2, -0.15) is 10.2 Å². The lowest BCUT2D eigenvalue weighted by atomic mass is 10.1. The lowest BCUT2D eigenvalue weighted by Crippen LogP contribution is -2.18. The highest BCUT2D eigenvalue weighted by atomic mass is 16.6. The monoisotopic (exact) mass is 556 g/mol. The van der Waals surface area contributed by atoms with Crippen LogP contribution < -0.4 is 29.1 Å². The van der Waals surface area contributed by atoms with Crippen LogP contribution in [0.4, 0.5) is 0 Å². The number of aromatic nitrogens is 2. The Morgan fingerprint density at radius 3 is 2.29 bits per heavy atom. The molecular weight excluding hydrogens is 524 g/mol. The van der Waals surface area contributed by atoms with Crippen molar-refractivity contribution in [2.45, 2.75) is 20.8 Å². The second-order valence-corrected chi connectivity index (χ2v) is 8.87. The summed E-state index contributed by atoms with van der Waals surface area (Å²) < 4.78 is 30.4. The van der Waals surface area contributed by atoms with Crippen molar-refractivity contribution in [3.8, 4) is 45.7 Å². The van der Waals surface area contributed by atoms with E-state index in [1.165, 1.54) is 0 Å². The standard InChI is InChI=1S/C31H32N4O6/c1-4-37-27-17-22(18-28(38-5-2)30(27)39-6-3)31(36)33-32-19-23-20-35(24-10-8-7-9-11-24)34-29(23)21-12-13-25-26(16-21)41-15-14-40-25/h7-13,16-20H,4-6,14-15H2,1-3H3,(H,33,36). The first kappa shape index (κ1) is 27.6. The summed E-state index contributed by atoms with van der Waals surface area (Å²) in [5.41, 5.74) is 6.01. The van der Waals surface area contributed by atoms with Crippen molar-refractivity contribution < 1.29 is 28.5 Å². The van der Waals surface area contributed by atoms with Gasteiger partial charge in [-0.3, -0.25) is 4.79 Å². The molecule has 4 aromatic rings. The number of nitrogens with zero attached hydrogens (tertiary/aromatic N) is 3. The maximum Gasteiger partial charge on any atom is 0.271 e. The minimum Gasteiger partial charge on any atom is -0.490 e. The Labute approximate surface area is 238 Å². The smallest absolute Gasteiger partial charge is 0.271 e. The Hall–Kier alpha value is -4.99. The zero-order valence-electron chi connectivity index (χ0n) is 23.3. The predicted octanol–water partition coefficient (Wildman–Crippen LogP) is 5.27. The van der Waals surface area contributed by atoms with E-state index in [9.17, 15) is 4.79 Å². The third-order valence-electron chi connectivity index (χ3n) is 6.12. The highest BCUT2D eigenvalue weighted by Crippen LogP contribution is 2.39. The second-order valence-electron chi connectivity index (χ2n) is 8.87. The molecule has 5 rings (SSSR count). The Morgan fingerprint density at radius 2 is 1.61 bits per heavy atom. The molecule has 1 aromatic heterocycles. The molecule has 41 heavy (non-hydrogen) atoms. The Morgan fingerprint density at radius 1 is 0.927 bits per heavy atom. The topological polar surface area (TPSA) is 105 Å².